The normalized spacial score (nSPS) is 11.8. The lowest BCUT2D eigenvalue weighted by molar-refractivity contribution is -0.138. The molecule has 0 amide bonds. The quantitative estimate of drug-likeness (QED) is 0.880. The fourth-order valence-corrected chi connectivity index (χ4v) is 1.57. The maximum Gasteiger partial charge on any atom is 0.416 e. The number of hydrogen-bond donors (Lipinski definition) is 1. The lowest BCUT2D eigenvalue weighted by Gasteiger charge is -2.12. The number of hydrogen-bond acceptors (Lipinski definition) is 3. The number of alkyl halides is 3. The molecule has 4 nitrogen and oxygen atoms in total. The fourth-order valence-electron chi connectivity index (χ4n) is 1.57. The standard InChI is InChI=1S/C10H9F3N4/c1-2-6-3-4-7(9-14-16-17-15-9)5-8(6)10(11,12)13/h3-5H,2H2,1H3,(H,14,15,16,17). The Morgan fingerprint density at radius 1 is 1.29 bits per heavy atom. The number of aromatic amines is 1. The van der Waals surface area contributed by atoms with E-state index in [1.54, 1.807) is 13.0 Å². The maximum absolute atomic E-state index is 12.8. The first kappa shape index (κ1) is 11.6. The summed E-state index contributed by atoms with van der Waals surface area (Å²) in [5, 5.41) is 12.8. The molecule has 2 aromatic rings. The Balaban J connectivity index is 2.53. The van der Waals surface area contributed by atoms with E-state index < -0.39 is 11.7 Å². The second-order valence-electron chi connectivity index (χ2n) is 3.46. The molecule has 0 aliphatic carbocycles. The average Bonchev–Trinajstić information content (AvgIpc) is 2.80. The SMILES string of the molecule is CCc1ccc(-c2nn[nH]n2)cc1C(F)(F)F. The second kappa shape index (κ2) is 4.15. The molecular formula is C10H9F3N4. The Hall–Kier alpha value is -1.92. The van der Waals surface area contributed by atoms with Gasteiger partial charge in [0.25, 0.3) is 0 Å². The Morgan fingerprint density at radius 3 is 2.59 bits per heavy atom. The number of tetrazole rings is 1. The number of aromatic nitrogens is 4. The first-order valence-electron chi connectivity index (χ1n) is 4.96. The van der Waals surface area contributed by atoms with Gasteiger partial charge in [-0.15, -0.1) is 10.2 Å². The van der Waals surface area contributed by atoms with Gasteiger partial charge in [-0.1, -0.05) is 19.1 Å². The second-order valence-corrected chi connectivity index (χ2v) is 3.46. The van der Waals surface area contributed by atoms with Crippen LogP contribution in [-0.2, 0) is 12.6 Å². The van der Waals surface area contributed by atoms with Gasteiger partial charge in [-0.05, 0) is 23.3 Å². The van der Waals surface area contributed by atoms with Crippen LogP contribution in [0.2, 0.25) is 0 Å². The third kappa shape index (κ3) is 2.27. The molecule has 17 heavy (non-hydrogen) atoms. The third-order valence-electron chi connectivity index (χ3n) is 2.40. The van der Waals surface area contributed by atoms with Crippen molar-refractivity contribution in [3.8, 4) is 11.4 Å². The van der Waals surface area contributed by atoms with E-state index in [0.29, 0.717) is 12.0 Å². The zero-order valence-corrected chi connectivity index (χ0v) is 8.91. The molecule has 0 atom stereocenters. The van der Waals surface area contributed by atoms with Gasteiger partial charge in [0.15, 0.2) is 0 Å². The molecule has 0 spiro atoms. The van der Waals surface area contributed by atoms with Crippen molar-refractivity contribution in [2.24, 2.45) is 0 Å². The van der Waals surface area contributed by atoms with Crippen molar-refractivity contribution in [1.82, 2.24) is 20.6 Å². The van der Waals surface area contributed by atoms with Crippen LogP contribution in [0.15, 0.2) is 18.2 Å². The molecule has 0 unspecified atom stereocenters. The number of halogens is 3. The van der Waals surface area contributed by atoms with Crippen molar-refractivity contribution >= 4 is 0 Å². The summed E-state index contributed by atoms with van der Waals surface area (Å²) >= 11 is 0. The molecule has 0 fully saturated rings. The molecule has 2 rings (SSSR count). The molecule has 0 aliphatic rings. The van der Waals surface area contributed by atoms with E-state index in [0.717, 1.165) is 6.07 Å². The van der Waals surface area contributed by atoms with Crippen molar-refractivity contribution in [2.75, 3.05) is 0 Å². The Kier molecular flexibility index (Phi) is 2.83. The predicted octanol–water partition coefficient (Wildman–Crippen LogP) is 2.45. The van der Waals surface area contributed by atoms with Crippen molar-refractivity contribution in [1.29, 1.82) is 0 Å². The van der Waals surface area contributed by atoms with Crippen molar-refractivity contribution < 1.29 is 13.2 Å². The van der Waals surface area contributed by atoms with Gasteiger partial charge in [0, 0.05) is 5.56 Å². The largest absolute Gasteiger partial charge is 0.416 e. The number of rotatable bonds is 2. The Labute approximate surface area is 94.9 Å². The number of aryl methyl sites for hydroxylation is 1. The van der Waals surface area contributed by atoms with Crippen LogP contribution in [0.3, 0.4) is 0 Å². The van der Waals surface area contributed by atoms with Crippen LogP contribution in [0.4, 0.5) is 13.2 Å². The van der Waals surface area contributed by atoms with Crippen LogP contribution in [0.25, 0.3) is 11.4 Å². The van der Waals surface area contributed by atoms with Crippen molar-refractivity contribution in [2.45, 2.75) is 19.5 Å². The molecule has 0 saturated carbocycles. The molecule has 0 saturated heterocycles. The van der Waals surface area contributed by atoms with Gasteiger partial charge in [-0.2, -0.15) is 18.4 Å². The molecule has 7 heteroatoms. The molecule has 1 aromatic heterocycles. The van der Waals surface area contributed by atoms with E-state index in [-0.39, 0.29) is 11.4 Å². The summed E-state index contributed by atoms with van der Waals surface area (Å²) in [6.45, 7) is 1.68. The molecule has 1 heterocycles. The van der Waals surface area contributed by atoms with E-state index in [2.05, 4.69) is 20.6 Å². The van der Waals surface area contributed by atoms with Crippen LogP contribution in [0.5, 0.6) is 0 Å². The molecule has 1 N–H and O–H groups in total. The summed E-state index contributed by atoms with van der Waals surface area (Å²) in [7, 11) is 0. The fraction of sp³-hybridized carbons (Fsp3) is 0.300. The third-order valence-corrected chi connectivity index (χ3v) is 2.40. The van der Waals surface area contributed by atoms with E-state index in [9.17, 15) is 13.2 Å². The molecular weight excluding hydrogens is 233 g/mol. The van der Waals surface area contributed by atoms with Crippen molar-refractivity contribution in [3.63, 3.8) is 0 Å². The summed E-state index contributed by atoms with van der Waals surface area (Å²) < 4.78 is 38.4. The summed E-state index contributed by atoms with van der Waals surface area (Å²) in [5.41, 5.74) is -0.102. The lowest BCUT2D eigenvalue weighted by Crippen LogP contribution is -2.09. The molecule has 90 valence electrons. The van der Waals surface area contributed by atoms with E-state index >= 15 is 0 Å². The van der Waals surface area contributed by atoms with Gasteiger partial charge in [-0.25, -0.2) is 0 Å². The minimum absolute atomic E-state index is 0.151. The smallest absolute Gasteiger partial charge is 0.177 e. The summed E-state index contributed by atoms with van der Waals surface area (Å²) in [6, 6.07) is 4.04. The summed E-state index contributed by atoms with van der Waals surface area (Å²) in [5.74, 6) is 0.151. The van der Waals surface area contributed by atoms with Gasteiger partial charge in [0.2, 0.25) is 5.82 Å². The van der Waals surface area contributed by atoms with Gasteiger partial charge in [0.05, 0.1) is 5.56 Å². The van der Waals surface area contributed by atoms with Gasteiger partial charge >= 0.3 is 6.18 Å². The summed E-state index contributed by atoms with van der Waals surface area (Å²) in [6.07, 6.45) is -4.05. The van der Waals surface area contributed by atoms with E-state index in [1.165, 1.54) is 6.07 Å². The van der Waals surface area contributed by atoms with E-state index in [4.69, 9.17) is 0 Å². The minimum Gasteiger partial charge on any atom is -0.177 e. The van der Waals surface area contributed by atoms with Crippen LogP contribution < -0.4 is 0 Å². The predicted molar refractivity (Wildman–Crippen MR) is 54.0 cm³/mol. The zero-order chi connectivity index (χ0) is 12.5. The first-order valence-corrected chi connectivity index (χ1v) is 4.96. The number of H-pyrrole nitrogens is 1. The molecule has 1 aromatic carbocycles. The molecule has 0 radical (unpaired) electrons. The molecule has 0 aliphatic heterocycles. The van der Waals surface area contributed by atoms with Gasteiger partial charge < -0.3 is 0 Å². The zero-order valence-electron chi connectivity index (χ0n) is 8.91. The van der Waals surface area contributed by atoms with Crippen LogP contribution in [-0.4, -0.2) is 20.6 Å². The highest BCUT2D eigenvalue weighted by Crippen LogP contribution is 2.34. The van der Waals surface area contributed by atoms with Crippen LogP contribution in [0, 0.1) is 0 Å². The number of nitrogens with zero attached hydrogens (tertiary/aromatic N) is 3. The van der Waals surface area contributed by atoms with Crippen molar-refractivity contribution in [3.05, 3.63) is 29.3 Å². The highest BCUT2D eigenvalue weighted by molar-refractivity contribution is 5.57. The first-order chi connectivity index (χ1) is 8.02. The monoisotopic (exact) mass is 242 g/mol. The number of benzene rings is 1. The van der Waals surface area contributed by atoms with Crippen LogP contribution in [0.1, 0.15) is 18.1 Å². The molecule has 0 bridgehead atoms. The number of nitrogens with one attached hydrogen (secondary N) is 1. The Morgan fingerprint density at radius 2 is 2.06 bits per heavy atom. The van der Waals surface area contributed by atoms with Gasteiger partial charge in [-0.3, -0.25) is 0 Å². The highest BCUT2D eigenvalue weighted by Gasteiger charge is 2.33. The van der Waals surface area contributed by atoms with Crippen LogP contribution >= 0.6 is 0 Å². The lowest BCUT2D eigenvalue weighted by atomic mass is 10.0. The average molecular weight is 242 g/mol. The Bertz CT molecular complexity index is 505. The van der Waals surface area contributed by atoms with Gasteiger partial charge in [0.1, 0.15) is 0 Å². The topological polar surface area (TPSA) is 54.5 Å². The highest BCUT2D eigenvalue weighted by atomic mass is 19.4. The summed E-state index contributed by atoms with van der Waals surface area (Å²) in [4.78, 5) is 0. The van der Waals surface area contributed by atoms with E-state index in [1.807, 2.05) is 0 Å². The minimum atomic E-state index is -4.37. The maximum atomic E-state index is 12.8.